The zero-order valence-corrected chi connectivity index (χ0v) is 13.1. The second-order valence-corrected chi connectivity index (χ2v) is 6.58. The van der Waals surface area contributed by atoms with Gasteiger partial charge in [0.15, 0.2) is 0 Å². The van der Waals surface area contributed by atoms with Gasteiger partial charge in [-0.3, -0.25) is 0 Å². The number of halogens is 1. The number of aliphatic hydroxyl groups excluding tert-OH is 1. The molecule has 0 bridgehead atoms. The van der Waals surface area contributed by atoms with Crippen LogP contribution in [0.15, 0.2) is 12.3 Å². The second kappa shape index (κ2) is 5.42. The molecule has 2 aromatic heterocycles. The summed E-state index contributed by atoms with van der Waals surface area (Å²) < 4.78 is 21.3. The highest BCUT2D eigenvalue weighted by molar-refractivity contribution is 5.51. The third kappa shape index (κ3) is 2.48. The normalized spacial score (nSPS) is 26.4. The molecule has 1 saturated carbocycles. The monoisotopic (exact) mass is 320 g/mol. The molecule has 0 aromatic carbocycles. The number of ether oxygens (including phenoxy) is 1. The molecule has 1 aliphatic heterocycles. The van der Waals surface area contributed by atoms with Crippen LogP contribution in [0.4, 0.5) is 10.3 Å². The van der Waals surface area contributed by atoms with Crippen LogP contribution in [-0.2, 0) is 10.2 Å². The minimum absolute atomic E-state index is 0.0830. The molecule has 2 atom stereocenters. The summed E-state index contributed by atoms with van der Waals surface area (Å²) in [6.07, 6.45) is 4.62. The molecule has 2 aliphatic rings. The van der Waals surface area contributed by atoms with Gasteiger partial charge < -0.3 is 15.2 Å². The van der Waals surface area contributed by atoms with Crippen LogP contribution in [0.5, 0.6) is 0 Å². The van der Waals surface area contributed by atoms with Crippen LogP contribution in [0.3, 0.4) is 0 Å². The summed E-state index contributed by atoms with van der Waals surface area (Å²) in [7, 11) is 0. The minimum Gasteiger partial charge on any atom is -0.389 e. The van der Waals surface area contributed by atoms with E-state index in [1.165, 1.54) is 6.07 Å². The van der Waals surface area contributed by atoms with E-state index in [0.29, 0.717) is 36.8 Å². The van der Waals surface area contributed by atoms with Gasteiger partial charge in [-0.2, -0.15) is 0 Å². The Morgan fingerprint density at radius 3 is 3.04 bits per heavy atom. The van der Waals surface area contributed by atoms with E-state index >= 15 is 0 Å². The van der Waals surface area contributed by atoms with E-state index in [9.17, 15) is 9.50 Å². The van der Waals surface area contributed by atoms with Crippen LogP contribution in [0, 0.1) is 5.82 Å². The lowest BCUT2D eigenvalue weighted by molar-refractivity contribution is -0.0136. The number of aromatic nitrogens is 3. The molecular weight excluding hydrogens is 299 g/mol. The van der Waals surface area contributed by atoms with Gasteiger partial charge in [-0.05, 0) is 25.7 Å². The lowest BCUT2D eigenvalue weighted by Gasteiger charge is -2.28. The van der Waals surface area contributed by atoms with Crippen molar-refractivity contribution in [3.63, 3.8) is 0 Å². The molecule has 0 spiro atoms. The quantitative estimate of drug-likeness (QED) is 0.900. The Bertz CT molecular complexity index is 728. The van der Waals surface area contributed by atoms with Crippen LogP contribution >= 0.6 is 0 Å². The predicted molar refractivity (Wildman–Crippen MR) is 83.0 cm³/mol. The van der Waals surface area contributed by atoms with Crippen LogP contribution in [-0.4, -0.2) is 45.1 Å². The number of nitrogens with one attached hydrogen (secondary N) is 1. The number of aliphatic hydroxyl groups is 1. The zero-order chi connectivity index (χ0) is 16.0. The lowest BCUT2D eigenvalue weighted by atomic mass is 9.99. The Morgan fingerprint density at radius 2 is 2.35 bits per heavy atom. The van der Waals surface area contributed by atoms with Crippen LogP contribution < -0.4 is 5.32 Å². The van der Waals surface area contributed by atoms with Gasteiger partial charge in [-0.1, -0.05) is 6.92 Å². The topological polar surface area (TPSA) is 71.7 Å². The highest BCUT2D eigenvalue weighted by Crippen LogP contribution is 2.51. The third-order valence-electron chi connectivity index (χ3n) is 5.14. The molecule has 7 heteroatoms. The standard InChI is InChI=1S/C16H21FN4O2/c1-2-16(4-5-16)14-11(17)7-10-8-18-15(20-21(10)14)19-12-3-6-23-9-13(12)22/h7-8,12-13,22H,2-6,9H2,1H3,(H,19,20)/t12-,13-/m1/s1. The Labute approximate surface area is 133 Å². The maximum atomic E-state index is 14.4. The summed E-state index contributed by atoms with van der Waals surface area (Å²) in [5, 5.41) is 17.6. The SMILES string of the molecule is CCC1(c2c(F)cc3cnc(N[C@@H]4CCOC[C@H]4O)nn23)CC1. The molecular formula is C16H21FN4O2. The van der Waals surface area contributed by atoms with Crippen molar-refractivity contribution in [3.8, 4) is 0 Å². The van der Waals surface area contributed by atoms with E-state index in [1.54, 1.807) is 10.7 Å². The predicted octanol–water partition coefficient (Wildman–Crippen LogP) is 1.87. The summed E-state index contributed by atoms with van der Waals surface area (Å²) in [5.41, 5.74) is 1.24. The summed E-state index contributed by atoms with van der Waals surface area (Å²) in [6, 6.07) is 1.35. The van der Waals surface area contributed by atoms with E-state index < -0.39 is 6.10 Å². The molecule has 1 saturated heterocycles. The number of hydrogen-bond acceptors (Lipinski definition) is 5. The van der Waals surface area contributed by atoms with E-state index in [-0.39, 0.29) is 17.3 Å². The summed E-state index contributed by atoms with van der Waals surface area (Å²) in [5.74, 6) is 0.203. The fourth-order valence-electron chi connectivity index (χ4n) is 3.45. The molecule has 2 fully saturated rings. The highest BCUT2D eigenvalue weighted by Gasteiger charge is 2.47. The molecule has 23 heavy (non-hydrogen) atoms. The smallest absolute Gasteiger partial charge is 0.241 e. The number of fused-ring (bicyclic) bond motifs is 1. The maximum Gasteiger partial charge on any atom is 0.241 e. The largest absolute Gasteiger partial charge is 0.389 e. The van der Waals surface area contributed by atoms with Gasteiger partial charge in [0.2, 0.25) is 5.95 Å². The fourth-order valence-corrected chi connectivity index (χ4v) is 3.45. The van der Waals surface area contributed by atoms with E-state index in [2.05, 4.69) is 22.3 Å². The number of rotatable bonds is 4. The molecule has 0 radical (unpaired) electrons. The van der Waals surface area contributed by atoms with Crippen molar-refractivity contribution in [2.24, 2.45) is 0 Å². The number of nitrogens with zero attached hydrogens (tertiary/aromatic N) is 3. The number of hydrogen-bond donors (Lipinski definition) is 2. The minimum atomic E-state index is -0.589. The van der Waals surface area contributed by atoms with Gasteiger partial charge in [0, 0.05) is 18.1 Å². The molecule has 0 amide bonds. The van der Waals surface area contributed by atoms with E-state index in [4.69, 9.17) is 4.74 Å². The van der Waals surface area contributed by atoms with E-state index in [1.807, 2.05) is 0 Å². The molecule has 6 nitrogen and oxygen atoms in total. The first kappa shape index (κ1) is 14.8. The zero-order valence-electron chi connectivity index (χ0n) is 13.1. The summed E-state index contributed by atoms with van der Waals surface area (Å²) >= 11 is 0. The Balaban J connectivity index is 1.68. The van der Waals surface area contributed by atoms with Crippen molar-refractivity contribution in [1.29, 1.82) is 0 Å². The van der Waals surface area contributed by atoms with Crippen LogP contribution in [0.1, 0.15) is 38.3 Å². The van der Waals surface area contributed by atoms with Gasteiger partial charge in [0.05, 0.1) is 36.2 Å². The van der Waals surface area contributed by atoms with Crippen LogP contribution in [0.25, 0.3) is 5.52 Å². The van der Waals surface area contributed by atoms with Gasteiger partial charge in [-0.25, -0.2) is 13.9 Å². The molecule has 4 rings (SSSR count). The molecule has 124 valence electrons. The first-order valence-corrected chi connectivity index (χ1v) is 8.20. The average molecular weight is 320 g/mol. The molecule has 2 N–H and O–H groups in total. The number of anilines is 1. The van der Waals surface area contributed by atoms with Gasteiger partial charge in [0.25, 0.3) is 0 Å². The van der Waals surface area contributed by atoms with E-state index in [0.717, 1.165) is 19.3 Å². The van der Waals surface area contributed by atoms with Crippen molar-refractivity contribution in [2.75, 3.05) is 18.5 Å². The first-order valence-electron chi connectivity index (χ1n) is 8.20. The average Bonchev–Trinajstić information content (AvgIpc) is 3.26. The Hall–Kier alpha value is -1.73. The maximum absolute atomic E-state index is 14.4. The van der Waals surface area contributed by atoms with Crippen molar-refractivity contribution < 1.29 is 14.2 Å². The van der Waals surface area contributed by atoms with Crippen molar-refractivity contribution in [3.05, 3.63) is 23.8 Å². The van der Waals surface area contributed by atoms with Crippen LogP contribution in [0.2, 0.25) is 0 Å². The lowest BCUT2D eigenvalue weighted by Crippen LogP contribution is -2.42. The third-order valence-corrected chi connectivity index (χ3v) is 5.14. The van der Waals surface area contributed by atoms with Crippen molar-refractivity contribution >= 4 is 11.5 Å². The molecule has 2 aromatic rings. The fraction of sp³-hybridized carbons (Fsp3) is 0.625. The summed E-state index contributed by atoms with van der Waals surface area (Å²) in [6.45, 7) is 2.99. The molecule has 1 aliphatic carbocycles. The van der Waals surface area contributed by atoms with Gasteiger partial charge in [-0.15, -0.1) is 5.10 Å². The highest BCUT2D eigenvalue weighted by atomic mass is 19.1. The second-order valence-electron chi connectivity index (χ2n) is 6.58. The first-order chi connectivity index (χ1) is 11.1. The summed E-state index contributed by atoms with van der Waals surface area (Å²) in [4.78, 5) is 4.26. The molecule has 3 heterocycles. The van der Waals surface area contributed by atoms with Crippen molar-refractivity contribution in [1.82, 2.24) is 14.6 Å². The Kier molecular flexibility index (Phi) is 3.50. The van der Waals surface area contributed by atoms with Gasteiger partial charge in [0.1, 0.15) is 5.82 Å². The Morgan fingerprint density at radius 1 is 1.52 bits per heavy atom. The van der Waals surface area contributed by atoms with Crippen molar-refractivity contribution in [2.45, 2.75) is 50.2 Å². The van der Waals surface area contributed by atoms with Gasteiger partial charge >= 0.3 is 0 Å². The molecule has 0 unspecified atom stereocenters.